The first kappa shape index (κ1) is 13.1. The summed E-state index contributed by atoms with van der Waals surface area (Å²) < 4.78 is 0. The molecule has 2 nitrogen and oxygen atoms in total. The number of nitriles is 1. The third-order valence-electron chi connectivity index (χ3n) is 2.33. The van der Waals surface area contributed by atoms with E-state index in [1.165, 1.54) is 10.5 Å². The number of nitrogens with two attached hydrogens (primary N) is 1. The molecule has 2 N–H and O–H groups in total. The first-order chi connectivity index (χ1) is 7.43. The van der Waals surface area contributed by atoms with Gasteiger partial charge in [-0.1, -0.05) is 24.6 Å². The molecule has 0 aliphatic carbocycles. The summed E-state index contributed by atoms with van der Waals surface area (Å²) in [6.07, 6.45) is 0.696. The molecule has 0 amide bonds. The largest absolute Gasteiger partial charge is 0.314 e. The molecule has 16 heavy (non-hydrogen) atoms. The van der Waals surface area contributed by atoms with Gasteiger partial charge in [-0.2, -0.15) is 5.26 Å². The van der Waals surface area contributed by atoms with Crippen LogP contribution in [0.15, 0.2) is 29.2 Å². The minimum absolute atomic E-state index is 0.345. The first-order valence-corrected chi connectivity index (χ1v) is 6.24. The Morgan fingerprint density at radius 2 is 2.00 bits per heavy atom. The molecule has 0 aliphatic rings. The van der Waals surface area contributed by atoms with E-state index in [4.69, 9.17) is 11.0 Å². The van der Waals surface area contributed by atoms with Crippen molar-refractivity contribution in [1.29, 1.82) is 5.26 Å². The Morgan fingerprint density at radius 1 is 1.44 bits per heavy atom. The standard InChI is InChI=1S/C13H18N2S/c1-10-4-6-12(7-5-10)16-11(2)8-13(3,15)9-14/h4-7,11H,8,15H2,1-3H3. The average molecular weight is 234 g/mol. The molecule has 1 rings (SSSR count). The lowest BCUT2D eigenvalue weighted by Crippen LogP contribution is -2.36. The molecule has 1 aromatic carbocycles. The van der Waals surface area contributed by atoms with Crippen LogP contribution in [0, 0.1) is 18.3 Å². The van der Waals surface area contributed by atoms with Crippen molar-refractivity contribution in [3.05, 3.63) is 29.8 Å². The quantitative estimate of drug-likeness (QED) is 0.814. The van der Waals surface area contributed by atoms with Crippen LogP contribution >= 0.6 is 11.8 Å². The van der Waals surface area contributed by atoms with E-state index in [1.54, 1.807) is 18.7 Å². The number of thioether (sulfide) groups is 1. The highest BCUT2D eigenvalue weighted by molar-refractivity contribution is 7.99. The number of rotatable bonds is 4. The Labute approximate surface area is 102 Å². The molecule has 0 spiro atoms. The Bertz CT molecular complexity index is 376. The van der Waals surface area contributed by atoms with Crippen molar-refractivity contribution in [1.82, 2.24) is 0 Å². The van der Waals surface area contributed by atoms with Crippen LogP contribution in [0.4, 0.5) is 0 Å². The topological polar surface area (TPSA) is 49.8 Å². The van der Waals surface area contributed by atoms with Crippen molar-refractivity contribution in [3.8, 4) is 6.07 Å². The zero-order chi connectivity index (χ0) is 12.2. The van der Waals surface area contributed by atoms with Crippen LogP contribution in [0.2, 0.25) is 0 Å². The van der Waals surface area contributed by atoms with Gasteiger partial charge in [0, 0.05) is 10.1 Å². The molecule has 0 heterocycles. The second-order valence-corrected chi connectivity index (χ2v) is 5.99. The molecule has 0 saturated carbocycles. The highest BCUT2D eigenvalue weighted by atomic mass is 32.2. The van der Waals surface area contributed by atoms with Gasteiger partial charge in [0.2, 0.25) is 0 Å². The van der Waals surface area contributed by atoms with Gasteiger partial charge in [0.1, 0.15) is 5.54 Å². The van der Waals surface area contributed by atoms with Gasteiger partial charge in [0.25, 0.3) is 0 Å². The predicted molar refractivity (Wildman–Crippen MR) is 69.3 cm³/mol. The molecule has 0 bridgehead atoms. The van der Waals surface area contributed by atoms with Gasteiger partial charge in [-0.05, 0) is 32.4 Å². The molecular weight excluding hydrogens is 216 g/mol. The molecule has 0 aliphatic heterocycles. The number of aryl methyl sites for hydroxylation is 1. The zero-order valence-electron chi connectivity index (χ0n) is 10.0. The van der Waals surface area contributed by atoms with Gasteiger partial charge in [-0.3, -0.25) is 0 Å². The van der Waals surface area contributed by atoms with Crippen LogP contribution in [0.3, 0.4) is 0 Å². The van der Waals surface area contributed by atoms with Crippen molar-refractivity contribution in [3.63, 3.8) is 0 Å². The molecule has 2 atom stereocenters. The Kier molecular flexibility index (Phi) is 4.40. The second kappa shape index (κ2) is 5.38. The minimum Gasteiger partial charge on any atom is -0.314 e. The number of hydrogen-bond donors (Lipinski definition) is 1. The van der Waals surface area contributed by atoms with E-state index in [0.29, 0.717) is 11.7 Å². The lowest BCUT2D eigenvalue weighted by atomic mass is 10.00. The summed E-state index contributed by atoms with van der Waals surface area (Å²) in [4.78, 5) is 1.23. The summed E-state index contributed by atoms with van der Waals surface area (Å²) in [5.41, 5.74) is 6.36. The Balaban J connectivity index is 2.55. The van der Waals surface area contributed by atoms with Gasteiger partial charge in [-0.25, -0.2) is 0 Å². The maximum absolute atomic E-state index is 8.86. The van der Waals surface area contributed by atoms with Crippen LogP contribution in [0.5, 0.6) is 0 Å². The van der Waals surface area contributed by atoms with Crippen LogP contribution < -0.4 is 5.73 Å². The fourth-order valence-corrected chi connectivity index (χ4v) is 2.72. The monoisotopic (exact) mass is 234 g/mol. The van der Waals surface area contributed by atoms with E-state index in [-0.39, 0.29) is 0 Å². The average Bonchev–Trinajstić information content (AvgIpc) is 2.21. The van der Waals surface area contributed by atoms with Crippen molar-refractivity contribution < 1.29 is 0 Å². The molecule has 0 fully saturated rings. The summed E-state index contributed by atoms with van der Waals surface area (Å²) >= 11 is 1.76. The lowest BCUT2D eigenvalue weighted by molar-refractivity contribution is 0.545. The van der Waals surface area contributed by atoms with Gasteiger partial charge in [0.15, 0.2) is 0 Å². The van der Waals surface area contributed by atoms with E-state index >= 15 is 0 Å². The highest BCUT2D eigenvalue weighted by Crippen LogP contribution is 2.27. The third-order valence-corrected chi connectivity index (χ3v) is 3.44. The fourth-order valence-electron chi connectivity index (χ4n) is 1.53. The summed E-state index contributed by atoms with van der Waals surface area (Å²) in [6, 6.07) is 10.5. The second-order valence-electron chi connectivity index (χ2n) is 4.47. The summed E-state index contributed by atoms with van der Waals surface area (Å²) in [5.74, 6) is 0. The molecule has 1 aromatic rings. The molecule has 0 saturated heterocycles. The maximum Gasteiger partial charge on any atom is 0.102 e. The minimum atomic E-state index is -0.725. The SMILES string of the molecule is Cc1ccc(SC(C)CC(C)(N)C#N)cc1. The molecule has 86 valence electrons. The van der Waals surface area contributed by atoms with Crippen LogP contribution in [0.1, 0.15) is 25.8 Å². The van der Waals surface area contributed by atoms with E-state index in [0.717, 1.165) is 0 Å². The van der Waals surface area contributed by atoms with Crippen molar-refractivity contribution in [2.24, 2.45) is 5.73 Å². The van der Waals surface area contributed by atoms with Crippen molar-refractivity contribution in [2.45, 2.75) is 42.9 Å². The Morgan fingerprint density at radius 3 is 2.50 bits per heavy atom. The van der Waals surface area contributed by atoms with Gasteiger partial charge < -0.3 is 5.73 Å². The van der Waals surface area contributed by atoms with E-state index < -0.39 is 5.54 Å². The van der Waals surface area contributed by atoms with Crippen LogP contribution in [0.25, 0.3) is 0 Å². The fraction of sp³-hybridized carbons (Fsp3) is 0.462. The summed E-state index contributed by atoms with van der Waals surface area (Å²) in [5, 5.41) is 9.21. The summed E-state index contributed by atoms with van der Waals surface area (Å²) in [7, 11) is 0. The molecule has 0 radical (unpaired) electrons. The first-order valence-electron chi connectivity index (χ1n) is 5.36. The summed E-state index contributed by atoms with van der Waals surface area (Å²) in [6.45, 7) is 5.96. The van der Waals surface area contributed by atoms with Crippen LogP contribution in [-0.4, -0.2) is 10.8 Å². The predicted octanol–water partition coefficient (Wildman–Crippen LogP) is 3.11. The highest BCUT2D eigenvalue weighted by Gasteiger charge is 2.21. The molecule has 0 aromatic heterocycles. The van der Waals surface area contributed by atoms with Crippen LogP contribution in [-0.2, 0) is 0 Å². The maximum atomic E-state index is 8.86. The number of nitrogens with zero attached hydrogens (tertiary/aromatic N) is 1. The zero-order valence-corrected chi connectivity index (χ0v) is 10.8. The van der Waals surface area contributed by atoms with Gasteiger partial charge in [-0.15, -0.1) is 11.8 Å². The lowest BCUT2D eigenvalue weighted by Gasteiger charge is -2.20. The smallest absolute Gasteiger partial charge is 0.102 e. The van der Waals surface area contributed by atoms with E-state index in [1.807, 2.05) is 0 Å². The van der Waals surface area contributed by atoms with Crippen molar-refractivity contribution >= 4 is 11.8 Å². The van der Waals surface area contributed by atoms with E-state index in [9.17, 15) is 0 Å². The van der Waals surface area contributed by atoms with E-state index in [2.05, 4.69) is 44.2 Å². The number of hydrogen-bond acceptors (Lipinski definition) is 3. The molecule has 3 heteroatoms. The molecule has 2 unspecified atom stereocenters. The van der Waals surface area contributed by atoms with Gasteiger partial charge in [0.05, 0.1) is 6.07 Å². The normalized spacial score (nSPS) is 16.2. The molecular formula is C13H18N2S. The van der Waals surface area contributed by atoms with Gasteiger partial charge >= 0.3 is 0 Å². The Hall–Kier alpha value is -0.980. The third kappa shape index (κ3) is 4.26. The number of benzene rings is 1. The van der Waals surface area contributed by atoms with Crippen molar-refractivity contribution in [2.75, 3.05) is 0 Å².